The van der Waals surface area contributed by atoms with Gasteiger partial charge in [-0.2, -0.15) is 4.31 Å². The zero-order valence-electron chi connectivity index (χ0n) is 20.8. The van der Waals surface area contributed by atoms with Gasteiger partial charge in [-0.05, 0) is 49.2 Å². The van der Waals surface area contributed by atoms with E-state index in [0.717, 1.165) is 5.56 Å². The van der Waals surface area contributed by atoms with Gasteiger partial charge >= 0.3 is 0 Å². The fourth-order valence-electron chi connectivity index (χ4n) is 3.64. The van der Waals surface area contributed by atoms with Gasteiger partial charge in [-0.25, -0.2) is 21.6 Å². The van der Waals surface area contributed by atoms with Crippen LogP contribution in [0.2, 0.25) is 0 Å². The molecule has 10 heteroatoms. The molecule has 0 saturated heterocycles. The van der Waals surface area contributed by atoms with E-state index in [2.05, 4.69) is 4.72 Å². The molecule has 3 rings (SSSR count). The second-order valence-electron chi connectivity index (χ2n) is 8.31. The van der Waals surface area contributed by atoms with Gasteiger partial charge in [0.1, 0.15) is 0 Å². The minimum Gasteiger partial charge on any atom is -0.493 e. The summed E-state index contributed by atoms with van der Waals surface area (Å²) in [4.78, 5) is -0.00592. The van der Waals surface area contributed by atoms with Gasteiger partial charge in [0, 0.05) is 24.7 Å². The number of para-hydroxylation sites is 1. The number of hydrogen-bond acceptors (Lipinski definition) is 6. The molecule has 1 N–H and O–H groups in total. The zero-order valence-corrected chi connectivity index (χ0v) is 22.5. The van der Waals surface area contributed by atoms with E-state index < -0.39 is 20.0 Å². The van der Waals surface area contributed by atoms with Gasteiger partial charge in [0.15, 0.2) is 11.5 Å². The summed E-state index contributed by atoms with van der Waals surface area (Å²) in [5, 5.41) is 0. The molecule has 0 radical (unpaired) electrons. The molecule has 0 amide bonds. The fourth-order valence-corrected chi connectivity index (χ4v) is 6.37. The molecule has 0 aliphatic heterocycles. The Morgan fingerprint density at radius 3 is 2.03 bits per heavy atom. The Morgan fingerprint density at radius 1 is 0.806 bits per heavy atom. The maximum Gasteiger partial charge on any atom is 0.243 e. The molecule has 0 bridgehead atoms. The second kappa shape index (κ2) is 11.9. The van der Waals surface area contributed by atoms with Crippen LogP contribution in [0.25, 0.3) is 0 Å². The molecular weight excluding hydrogens is 500 g/mol. The van der Waals surface area contributed by atoms with E-state index in [0.29, 0.717) is 23.5 Å². The number of methoxy groups -OCH3 is 2. The van der Waals surface area contributed by atoms with Crippen LogP contribution in [-0.4, -0.2) is 41.4 Å². The Balaban J connectivity index is 1.99. The molecule has 3 aromatic rings. The zero-order chi connectivity index (χ0) is 26.3. The smallest absolute Gasteiger partial charge is 0.243 e. The minimum absolute atomic E-state index is 0.00539. The molecule has 0 spiro atoms. The summed E-state index contributed by atoms with van der Waals surface area (Å²) in [6, 6.07) is 19.6. The number of nitrogens with zero attached hydrogens (tertiary/aromatic N) is 1. The lowest BCUT2D eigenvalue weighted by Gasteiger charge is -2.24. The monoisotopic (exact) mass is 532 g/mol. The number of nitrogens with one attached hydrogen (secondary N) is 1. The van der Waals surface area contributed by atoms with E-state index in [4.69, 9.17) is 9.47 Å². The second-order valence-corrected chi connectivity index (χ2v) is 12.0. The van der Waals surface area contributed by atoms with Crippen LogP contribution in [0, 0.1) is 0 Å². The van der Waals surface area contributed by atoms with Gasteiger partial charge < -0.3 is 9.47 Å². The molecule has 194 valence electrons. The third kappa shape index (κ3) is 6.44. The number of ether oxygens (including phenoxy) is 2. The van der Waals surface area contributed by atoms with Gasteiger partial charge in [0.2, 0.25) is 20.0 Å². The largest absolute Gasteiger partial charge is 0.493 e. The van der Waals surface area contributed by atoms with E-state index >= 15 is 0 Å². The predicted molar refractivity (Wildman–Crippen MR) is 139 cm³/mol. The normalized spacial score (nSPS) is 12.9. The first-order chi connectivity index (χ1) is 17.1. The van der Waals surface area contributed by atoms with Crippen molar-refractivity contribution in [2.75, 3.05) is 14.2 Å². The van der Waals surface area contributed by atoms with Crippen molar-refractivity contribution in [3.05, 3.63) is 83.9 Å². The first-order valence-electron chi connectivity index (χ1n) is 11.5. The molecule has 0 aliphatic carbocycles. The summed E-state index contributed by atoms with van der Waals surface area (Å²) in [6.45, 7) is 3.78. The van der Waals surface area contributed by atoms with Crippen LogP contribution in [0.15, 0.2) is 82.6 Å². The maximum atomic E-state index is 13.8. The van der Waals surface area contributed by atoms with E-state index in [1.807, 2.05) is 37.3 Å². The lowest BCUT2D eigenvalue weighted by Crippen LogP contribution is -2.32. The van der Waals surface area contributed by atoms with Gasteiger partial charge in [-0.3, -0.25) is 0 Å². The Bertz CT molecular complexity index is 1360. The summed E-state index contributed by atoms with van der Waals surface area (Å²) in [7, 11) is -4.74. The molecule has 3 aromatic carbocycles. The summed E-state index contributed by atoms with van der Waals surface area (Å²) in [5.74, 6) is 0.946. The van der Waals surface area contributed by atoms with Crippen molar-refractivity contribution >= 4 is 20.0 Å². The lowest BCUT2D eigenvalue weighted by atomic mass is 10.1. The van der Waals surface area contributed by atoms with Gasteiger partial charge in [0.25, 0.3) is 0 Å². The SMILES string of the molecule is CC[C@H](C)NS(=O)(=O)c1ccc(S(=O)(=O)N(Cc2ccccc2)Cc2cccc(OC)c2OC)cc1. The van der Waals surface area contributed by atoms with Crippen molar-refractivity contribution < 1.29 is 26.3 Å². The third-order valence-corrected chi connectivity index (χ3v) is 9.18. The predicted octanol–water partition coefficient (Wildman–Crippen LogP) is 4.17. The quantitative estimate of drug-likeness (QED) is 0.376. The van der Waals surface area contributed by atoms with Crippen LogP contribution in [0.5, 0.6) is 11.5 Å². The molecule has 8 nitrogen and oxygen atoms in total. The van der Waals surface area contributed by atoms with Gasteiger partial charge in [-0.1, -0.05) is 49.4 Å². The molecule has 36 heavy (non-hydrogen) atoms. The highest BCUT2D eigenvalue weighted by atomic mass is 32.2. The van der Waals surface area contributed by atoms with E-state index in [1.165, 1.54) is 42.8 Å². The highest BCUT2D eigenvalue weighted by Gasteiger charge is 2.27. The molecule has 0 aliphatic rings. The summed E-state index contributed by atoms with van der Waals surface area (Å²) in [6.07, 6.45) is 0.633. The van der Waals surface area contributed by atoms with E-state index in [1.54, 1.807) is 25.1 Å². The Hall–Kier alpha value is -2.92. The lowest BCUT2D eigenvalue weighted by molar-refractivity contribution is 0.341. The number of rotatable bonds is 12. The van der Waals surface area contributed by atoms with Crippen LogP contribution >= 0.6 is 0 Å². The van der Waals surface area contributed by atoms with Gasteiger partial charge in [-0.15, -0.1) is 0 Å². The highest BCUT2D eigenvalue weighted by molar-refractivity contribution is 7.89. The highest BCUT2D eigenvalue weighted by Crippen LogP contribution is 2.33. The minimum atomic E-state index is -4.01. The standard InChI is InChI=1S/C26H32N2O6S2/c1-5-20(2)27-35(29,30)23-14-16-24(17-15-23)36(31,32)28(18-21-10-7-6-8-11-21)19-22-12-9-13-25(33-3)26(22)34-4/h6-17,20,27H,5,18-19H2,1-4H3/t20-/m0/s1. The summed E-state index contributed by atoms with van der Waals surface area (Å²) >= 11 is 0. The van der Waals surface area contributed by atoms with Crippen LogP contribution < -0.4 is 14.2 Å². The number of benzene rings is 3. The van der Waals surface area contributed by atoms with E-state index in [-0.39, 0.29) is 28.9 Å². The number of hydrogen-bond donors (Lipinski definition) is 1. The topological polar surface area (TPSA) is 102 Å². The third-order valence-electron chi connectivity index (χ3n) is 5.77. The average Bonchev–Trinajstić information content (AvgIpc) is 2.88. The maximum absolute atomic E-state index is 13.8. The molecule has 0 aromatic heterocycles. The van der Waals surface area contributed by atoms with Crippen molar-refractivity contribution in [1.29, 1.82) is 0 Å². The van der Waals surface area contributed by atoms with Crippen molar-refractivity contribution in [2.24, 2.45) is 0 Å². The Morgan fingerprint density at radius 2 is 1.44 bits per heavy atom. The van der Waals surface area contributed by atoms with Crippen LogP contribution in [0.4, 0.5) is 0 Å². The Kier molecular flexibility index (Phi) is 9.13. The molecule has 0 unspecified atom stereocenters. The van der Waals surface area contributed by atoms with Crippen molar-refractivity contribution in [3.8, 4) is 11.5 Å². The average molecular weight is 533 g/mol. The molecular formula is C26H32N2O6S2. The molecule has 0 fully saturated rings. The molecule has 0 saturated carbocycles. The number of sulfonamides is 2. The van der Waals surface area contributed by atoms with Crippen molar-refractivity contribution in [3.63, 3.8) is 0 Å². The van der Waals surface area contributed by atoms with Gasteiger partial charge in [0.05, 0.1) is 24.0 Å². The Labute approximate surface area is 214 Å². The molecule has 1 atom stereocenters. The summed E-state index contributed by atoms with van der Waals surface area (Å²) in [5.41, 5.74) is 1.44. The first-order valence-corrected chi connectivity index (χ1v) is 14.4. The van der Waals surface area contributed by atoms with E-state index in [9.17, 15) is 16.8 Å². The van der Waals surface area contributed by atoms with Crippen molar-refractivity contribution in [1.82, 2.24) is 9.03 Å². The fraction of sp³-hybridized carbons (Fsp3) is 0.308. The van der Waals surface area contributed by atoms with Crippen LogP contribution in [0.1, 0.15) is 31.4 Å². The van der Waals surface area contributed by atoms with Crippen LogP contribution in [-0.2, 0) is 33.1 Å². The van der Waals surface area contributed by atoms with Crippen molar-refractivity contribution in [2.45, 2.75) is 49.2 Å². The summed E-state index contributed by atoms with van der Waals surface area (Å²) < 4.78 is 67.6. The van der Waals surface area contributed by atoms with Crippen LogP contribution in [0.3, 0.4) is 0 Å². The first kappa shape index (κ1) is 27.7. The molecule has 0 heterocycles.